The average molecular weight is 667 g/mol. The Morgan fingerprint density at radius 2 is 0.942 bits per heavy atom. The SMILES string of the molecule is N#Cc1ccc(-c2nc(-c3ccccc3)nc(-c3cccc(-c4cccc5c4C(c4ccccc4)(c4ccccc4)c4ccccc4O5)c3)n2)cc1. The average Bonchev–Trinajstić information content (AvgIpc) is 3.23. The fraction of sp³-hybridized carbons (Fsp3) is 0.0213. The zero-order valence-electron chi connectivity index (χ0n) is 28.0. The fourth-order valence-corrected chi connectivity index (χ4v) is 7.37. The molecule has 0 fully saturated rings. The van der Waals surface area contributed by atoms with Crippen molar-refractivity contribution in [1.82, 2.24) is 15.0 Å². The Morgan fingerprint density at radius 1 is 0.442 bits per heavy atom. The first-order chi connectivity index (χ1) is 25.7. The maximum Gasteiger partial charge on any atom is 0.164 e. The highest BCUT2D eigenvalue weighted by atomic mass is 16.5. The van der Waals surface area contributed by atoms with Gasteiger partial charge in [-0.25, -0.2) is 15.0 Å². The van der Waals surface area contributed by atoms with Crippen LogP contribution in [0.1, 0.15) is 27.8 Å². The fourth-order valence-electron chi connectivity index (χ4n) is 7.37. The predicted octanol–water partition coefficient (Wildman–Crippen LogP) is 10.9. The third kappa shape index (κ3) is 5.22. The number of nitriles is 1. The number of para-hydroxylation sites is 1. The number of fused-ring (bicyclic) bond motifs is 2. The highest BCUT2D eigenvalue weighted by molar-refractivity contribution is 5.82. The summed E-state index contributed by atoms with van der Waals surface area (Å²) in [5, 5.41) is 9.39. The van der Waals surface area contributed by atoms with Crippen molar-refractivity contribution >= 4 is 0 Å². The molecule has 2 heterocycles. The molecule has 0 radical (unpaired) electrons. The molecule has 0 N–H and O–H groups in total. The molecule has 0 unspecified atom stereocenters. The van der Waals surface area contributed by atoms with Gasteiger partial charge < -0.3 is 4.74 Å². The third-order valence-corrected chi connectivity index (χ3v) is 9.70. The van der Waals surface area contributed by atoms with Crippen molar-refractivity contribution in [3.8, 4) is 62.9 Å². The molecule has 0 bridgehead atoms. The normalized spacial score (nSPS) is 12.5. The van der Waals surface area contributed by atoms with Crippen LogP contribution in [-0.2, 0) is 5.41 Å². The first-order valence-corrected chi connectivity index (χ1v) is 17.2. The van der Waals surface area contributed by atoms with Gasteiger partial charge in [-0.3, -0.25) is 0 Å². The van der Waals surface area contributed by atoms with Crippen LogP contribution in [0.3, 0.4) is 0 Å². The summed E-state index contributed by atoms with van der Waals surface area (Å²) in [6, 6.07) is 63.9. The summed E-state index contributed by atoms with van der Waals surface area (Å²) in [5.41, 5.74) is 8.97. The highest BCUT2D eigenvalue weighted by Gasteiger charge is 2.46. The van der Waals surface area contributed by atoms with Crippen LogP contribution < -0.4 is 4.74 Å². The quantitative estimate of drug-likeness (QED) is 0.177. The van der Waals surface area contributed by atoms with Crippen LogP contribution in [0.5, 0.6) is 11.5 Å². The van der Waals surface area contributed by atoms with Gasteiger partial charge in [0.15, 0.2) is 17.5 Å². The van der Waals surface area contributed by atoms with E-state index in [9.17, 15) is 5.26 Å². The molecule has 1 aliphatic heterocycles. The Bertz CT molecular complexity index is 2560. The smallest absolute Gasteiger partial charge is 0.164 e. The number of ether oxygens (including phenoxy) is 1. The molecule has 0 atom stereocenters. The van der Waals surface area contributed by atoms with Gasteiger partial charge in [0, 0.05) is 27.8 Å². The minimum Gasteiger partial charge on any atom is -0.457 e. The molecule has 1 aliphatic rings. The standard InChI is InChI=1S/C47H30N4O/c48-31-32-26-28-34(29-27-32)45-49-44(33-14-4-1-5-15-33)50-46(51-45)36-17-12-16-35(30-36)39-22-13-25-42-43(39)47(37-18-6-2-7-19-37,38-20-8-3-9-21-38)40-23-10-11-24-41(40)52-42/h1-30H. The second kappa shape index (κ2) is 12.9. The summed E-state index contributed by atoms with van der Waals surface area (Å²) in [7, 11) is 0. The van der Waals surface area contributed by atoms with Gasteiger partial charge >= 0.3 is 0 Å². The van der Waals surface area contributed by atoms with Crippen LogP contribution in [0.25, 0.3) is 45.3 Å². The van der Waals surface area contributed by atoms with Crippen molar-refractivity contribution in [3.05, 3.63) is 210 Å². The van der Waals surface area contributed by atoms with E-state index in [1.807, 2.05) is 54.6 Å². The van der Waals surface area contributed by atoms with Gasteiger partial charge in [-0.1, -0.05) is 140 Å². The highest BCUT2D eigenvalue weighted by Crippen LogP contribution is 2.57. The molecule has 9 rings (SSSR count). The molecular formula is C47H30N4O. The number of aromatic nitrogens is 3. The predicted molar refractivity (Wildman–Crippen MR) is 205 cm³/mol. The molecule has 52 heavy (non-hydrogen) atoms. The lowest BCUT2D eigenvalue weighted by atomic mass is 9.62. The van der Waals surface area contributed by atoms with Crippen molar-refractivity contribution < 1.29 is 4.74 Å². The van der Waals surface area contributed by atoms with E-state index >= 15 is 0 Å². The first kappa shape index (κ1) is 30.9. The zero-order valence-corrected chi connectivity index (χ0v) is 28.0. The van der Waals surface area contributed by atoms with Gasteiger partial charge in [0.1, 0.15) is 11.5 Å². The molecule has 5 heteroatoms. The van der Waals surface area contributed by atoms with Crippen molar-refractivity contribution in [2.24, 2.45) is 0 Å². The van der Waals surface area contributed by atoms with E-state index in [0.717, 1.165) is 61.6 Å². The molecule has 0 aliphatic carbocycles. The van der Waals surface area contributed by atoms with Crippen LogP contribution in [0, 0.1) is 11.3 Å². The topological polar surface area (TPSA) is 71.7 Å². The molecule has 1 aromatic heterocycles. The summed E-state index contributed by atoms with van der Waals surface area (Å²) in [6.07, 6.45) is 0. The van der Waals surface area contributed by atoms with Crippen molar-refractivity contribution in [2.75, 3.05) is 0 Å². The molecule has 8 aromatic rings. The number of hydrogen-bond donors (Lipinski definition) is 0. The maximum absolute atomic E-state index is 9.39. The second-order valence-electron chi connectivity index (χ2n) is 12.7. The summed E-state index contributed by atoms with van der Waals surface area (Å²) >= 11 is 0. The van der Waals surface area contributed by atoms with Gasteiger partial charge in [-0.05, 0) is 64.7 Å². The second-order valence-corrected chi connectivity index (χ2v) is 12.7. The number of hydrogen-bond acceptors (Lipinski definition) is 5. The molecule has 0 amide bonds. The van der Waals surface area contributed by atoms with Crippen molar-refractivity contribution in [3.63, 3.8) is 0 Å². The zero-order chi connectivity index (χ0) is 34.9. The minimum atomic E-state index is -0.671. The van der Waals surface area contributed by atoms with Crippen LogP contribution in [0.4, 0.5) is 0 Å². The lowest BCUT2D eigenvalue weighted by molar-refractivity contribution is 0.435. The summed E-state index contributed by atoms with van der Waals surface area (Å²) in [6.45, 7) is 0. The number of rotatable bonds is 6. The van der Waals surface area contributed by atoms with Crippen LogP contribution in [0.2, 0.25) is 0 Å². The largest absolute Gasteiger partial charge is 0.457 e. The van der Waals surface area contributed by atoms with Crippen LogP contribution >= 0.6 is 0 Å². The Morgan fingerprint density at radius 3 is 1.60 bits per heavy atom. The third-order valence-electron chi connectivity index (χ3n) is 9.70. The molecule has 0 spiro atoms. The Hall–Kier alpha value is -7.16. The van der Waals surface area contributed by atoms with E-state index in [4.69, 9.17) is 19.7 Å². The Kier molecular flexibility index (Phi) is 7.68. The molecular weight excluding hydrogens is 637 g/mol. The minimum absolute atomic E-state index is 0.535. The van der Waals surface area contributed by atoms with Gasteiger partial charge in [-0.2, -0.15) is 5.26 Å². The van der Waals surface area contributed by atoms with E-state index in [-0.39, 0.29) is 0 Å². The summed E-state index contributed by atoms with van der Waals surface area (Å²) < 4.78 is 6.75. The lowest BCUT2D eigenvalue weighted by Crippen LogP contribution is -2.34. The van der Waals surface area contributed by atoms with Crippen molar-refractivity contribution in [2.45, 2.75) is 5.41 Å². The molecule has 244 valence electrons. The van der Waals surface area contributed by atoms with E-state index in [0.29, 0.717) is 23.0 Å². The van der Waals surface area contributed by atoms with Crippen molar-refractivity contribution in [1.29, 1.82) is 5.26 Å². The molecule has 0 saturated heterocycles. The van der Waals surface area contributed by atoms with Gasteiger partial charge in [-0.15, -0.1) is 0 Å². The van der Waals surface area contributed by atoms with E-state index in [1.54, 1.807) is 12.1 Å². The monoisotopic (exact) mass is 666 g/mol. The lowest BCUT2D eigenvalue weighted by Gasteiger charge is -2.42. The van der Waals surface area contributed by atoms with E-state index in [1.165, 1.54) is 0 Å². The van der Waals surface area contributed by atoms with E-state index in [2.05, 4.69) is 121 Å². The molecule has 0 saturated carbocycles. The molecule has 7 aromatic carbocycles. The molecule has 5 nitrogen and oxygen atoms in total. The number of nitrogens with zero attached hydrogens (tertiary/aromatic N) is 4. The van der Waals surface area contributed by atoms with Gasteiger partial charge in [0.25, 0.3) is 0 Å². The van der Waals surface area contributed by atoms with E-state index < -0.39 is 5.41 Å². The van der Waals surface area contributed by atoms with Crippen LogP contribution in [-0.4, -0.2) is 15.0 Å². The summed E-state index contributed by atoms with van der Waals surface area (Å²) in [5.74, 6) is 3.31. The van der Waals surface area contributed by atoms with Crippen LogP contribution in [0.15, 0.2) is 182 Å². The van der Waals surface area contributed by atoms with Gasteiger partial charge in [0.05, 0.1) is 17.0 Å². The Labute approximate surface area is 302 Å². The first-order valence-electron chi connectivity index (χ1n) is 17.2. The summed E-state index contributed by atoms with van der Waals surface area (Å²) in [4.78, 5) is 14.9. The van der Waals surface area contributed by atoms with Gasteiger partial charge in [0.2, 0.25) is 0 Å². The maximum atomic E-state index is 9.39. The Balaban J connectivity index is 1.27. The number of benzene rings is 7.